The van der Waals surface area contributed by atoms with Gasteiger partial charge in [0.25, 0.3) is 20.2 Å². The largest absolute Gasteiger partial charge is 0.505 e. The average molecular weight is 701 g/mol. The lowest BCUT2D eigenvalue weighted by atomic mass is 10.0. The third kappa shape index (κ3) is 7.94. The van der Waals surface area contributed by atoms with E-state index in [0.717, 1.165) is 36.4 Å². The molecule has 2 aromatic rings. The van der Waals surface area contributed by atoms with Gasteiger partial charge in [0.1, 0.15) is 32.7 Å². The van der Waals surface area contributed by atoms with Crippen LogP contribution in [0, 0.1) is 0 Å². The van der Waals surface area contributed by atoms with Gasteiger partial charge >= 0.3 is 11.9 Å². The Morgan fingerprint density at radius 1 is 0.625 bits per heavy atom. The van der Waals surface area contributed by atoms with Crippen molar-refractivity contribution in [3.8, 4) is 0 Å². The first-order valence-electron chi connectivity index (χ1n) is 12.7. The Hall–Kier alpha value is -6.22. The lowest BCUT2D eigenvalue weighted by Gasteiger charge is -2.12. The van der Waals surface area contributed by atoms with Crippen molar-refractivity contribution in [1.29, 1.82) is 0 Å². The molecule has 0 aromatic heterocycles. The van der Waals surface area contributed by atoms with Crippen LogP contribution in [0.2, 0.25) is 0 Å². The smallest absolute Gasteiger partial charge is 0.338 e. The Morgan fingerprint density at radius 2 is 0.979 bits per heavy atom. The molecule has 20 heteroatoms. The number of aliphatic hydroxyl groups excluding tert-OH is 2. The van der Waals surface area contributed by atoms with Crippen molar-refractivity contribution in [2.24, 2.45) is 10.2 Å². The van der Waals surface area contributed by atoms with E-state index in [1.807, 2.05) is 0 Å². The fourth-order valence-electron chi connectivity index (χ4n) is 4.10. The van der Waals surface area contributed by atoms with Crippen LogP contribution in [0.25, 0.3) is 12.2 Å². The van der Waals surface area contributed by atoms with Gasteiger partial charge in [-0.05, 0) is 35.4 Å². The summed E-state index contributed by atoms with van der Waals surface area (Å²) in [4.78, 5) is 44.5. The van der Waals surface area contributed by atoms with Crippen LogP contribution in [-0.4, -0.2) is 81.3 Å². The minimum absolute atomic E-state index is 0.138. The second kappa shape index (κ2) is 13.3. The number of aliphatic carboxylic acids is 2. The molecule has 0 spiro atoms. The van der Waals surface area contributed by atoms with Crippen molar-refractivity contribution in [1.82, 2.24) is 0 Å². The van der Waals surface area contributed by atoms with Crippen molar-refractivity contribution in [2.45, 2.75) is 9.79 Å². The van der Waals surface area contributed by atoms with Gasteiger partial charge in [0.05, 0.1) is 22.5 Å². The van der Waals surface area contributed by atoms with Crippen molar-refractivity contribution in [3.05, 3.63) is 94.5 Å². The molecule has 0 atom stereocenters. The molecule has 0 saturated heterocycles. The summed E-state index contributed by atoms with van der Waals surface area (Å²) in [5, 5.41) is 46.0. The van der Waals surface area contributed by atoms with Gasteiger partial charge in [-0.2, -0.15) is 27.0 Å². The van der Waals surface area contributed by atoms with Gasteiger partial charge in [0, 0.05) is 24.3 Å². The molecule has 248 valence electrons. The molecule has 48 heavy (non-hydrogen) atoms. The molecule has 18 nitrogen and oxygen atoms in total. The third-order valence-corrected chi connectivity index (χ3v) is 8.03. The number of rotatable bonds is 10. The molecule has 2 aromatic carbocycles. The number of benzene rings is 2. The zero-order valence-electron chi connectivity index (χ0n) is 23.6. The summed E-state index contributed by atoms with van der Waals surface area (Å²) in [6, 6.07) is 6.45. The molecule has 2 aliphatic rings. The van der Waals surface area contributed by atoms with Gasteiger partial charge in [-0.3, -0.25) is 29.5 Å². The van der Waals surface area contributed by atoms with E-state index in [2.05, 4.69) is 21.1 Å². The van der Waals surface area contributed by atoms with Gasteiger partial charge in [0.15, 0.2) is 11.6 Å². The number of hydrazone groups is 2. The molecule has 0 radical (unpaired) electrons. The second-order valence-electron chi connectivity index (χ2n) is 9.52. The first-order chi connectivity index (χ1) is 22.3. The summed E-state index contributed by atoms with van der Waals surface area (Å²) < 4.78 is 68.4. The molecule has 0 unspecified atom stereocenters. The predicted molar refractivity (Wildman–Crippen MR) is 166 cm³/mol. The van der Waals surface area contributed by atoms with Gasteiger partial charge in [0.2, 0.25) is 0 Å². The number of carboxylic acids is 2. The highest BCUT2D eigenvalue weighted by molar-refractivity contribution is 7.86. The van der Waals surface area contributed by atoms with Gasteiger partial charge < -0.3 is 20.4 Å². The van der Waals surface area contributed by atoms with Crippen LogP contribution < -0.4 is 10.9 Å². The standard InChI is InChI=1S/C28H20N4O14S2/c33-17-9-19(27(37)38)25(21(35)11-17)31-29-15-5-3-13(23(7-15)47(41,42)43)1-2-14-4-6-16(8-24(14)48(44,45)46)30-32-26-20(28(39)40)10-18(34)12-22(26)36/h1-12,29-30,35-36H,(H,37,38)(H,39,40)(H,41,42,43)(H,44,45,46). The van der Waals surface area contributed by atoms with Crippen molar-refractivity contribution >= 4 is 78.7 Å². The summed E-state index contributed by atoms with van der Waals surface area (Å²) in [5.74, 6) is -6.37. The normalized spacial score (nSPS) is 17.1. The maximum absolute atomic E-state index is 12.2. The number of allylic oxidation sites excluding steroid dienone is 6. The average Bonchev–Trinajstić information content (AvgIpc) is 2.97. The number of nitrogens with one attached hydrogen (secondary N) is 2. The molecular formula is C28H20N4O14S2. The molecule has 8 N–H and O–H groups in total. The molecule has 0 heterocycles. The Morgan fingerprint density at radius 3 is 1.29 bits per heavy atom. The van der Waals surface area contributed by atoms with Crippen LogP contribution in [0.5, 0.6) is 0 Å². The number of ketones is 2. The van der Waals surface area contributed by atoms with E-state index in [1.165, 1.54) is 12.1 Å². The Labute approximate surface area is 269 Å². The van der Waals surface area contributed by atoms with Crippen LogP contribution in [0.3, 0.4) is 0 Å². The highest BCUT2D eigenvalue weighted by Gasteiger charge is 2.26. The first-order valence-corrected chi connectivity index (χ1v) is 15.6. The molecule has 0 amide bonds. The number of carbonyl (C=O) groups is 4. The fourth-order valence-corrected chi connectivity index (χ4v) is 5.52. The van der Waals surface area contributed by atoms with Crippen LogP contribution >= 0.6 is 0 Å². The van der Waals surface area contributed by atoms with Gasteiger partial charge in [-0.25, -0.2) is 9.59 Å². The predicted octanol–water partition coefficient (Wildman–Crippen LogP) is 1.96. The molecule has 0 bridgehead atoms. The second-order valence-corrected chi connectivity index (χ2v) is 12.3. The lowest BCUT2D eigenvalue weighted by Crippen LogP contribution is -2.21. The Bertz CT molecular complexity index is 2090. The van der Waals surface area contributed by atoms with E-state index in [4.69, 9.17) is 0 Å². The number of nitrogens with zero attached hydrogens (tertiary/aromatic N) is 2. The maximum atomic E-state index is 12.2. The number of carbonyl (C=O) groups excluding carboxylic acids is 2. The first kappa shape index (κ1) is 34.6. The van der Waals surface area contributed by atoms with E-state index in [9.17, 15) is 65.5 Å². The summed E-state index contributed by atoms with van der Waals surface area (Å²) in [6.07, 6.45) is 4.94. The minimum Gasteiger partial charge on any atom is -0.505 e. The van der Waals surface area contributed by atoms with E-state index in [0.29, 0.717) is 24.3 Å². The fraction of sp³-hybridized carbons (Fsp3) is 0. The van der Waals surface area contributed by atoms with Gasteiger partial charge in [-0.15, -0.1) is 0 Å². The summed E-state index contributed by atoms with van der Waals surface area (Å²) >= 11 is 0. The number of anilines is 2. The highest BCUT2D eigenvalue weighted by atomic mass is 32.2. The minimum atomic E-state index is -4.96. The monoisotopic (exact) mass is 700 g/mol. The summed E-state index contributed by atoms with van der Waals surface area (Å²) in [5.41, 5.74) is 1.52. The van der Waals surface area contributed by atoms with Crippen LogP contribution in [0.1, 0.15) is 11.1 Å². The van der Waals surface area contributed by atoms with Crippen molar-refractivity contribution < 1.29 is 65.5 Å². The topological polar surface area (TPSA) is 307 Å². The quantitative estimate of drug-likeness (QED) is 0.0760. The van der Waals surface area contributed by atoms with Crippen LogP contribution in [0.4, 0.5) is 11.4 Å². The Kier molecular flexibility index (Phi) is 9.57. The molecule has 0 aliphatic heterocycles. The molecule has 0 fully saturated rings. The molecule has 4 rings (SSSR count). The zero-order chi connectivity index (χ0) is 35.6. The maximum Gasteiger partial charge on any atom is 0.338 e. The lowest BCUT2D eigenvalue weighted by molar-refractivity contribution is -0.133. The summed E-state index contributed by atoms with van der Waals surface area (Å²) in [7, 11) is -9.93. The molecular weight excluding hydrogens is 680 g/mol. The van der Waals surface area contributed by atoms with Gasteiger partial charge in [-0.1, -0.05) is 24.3 Å². The van der Waals surface area contributed by atoms with E-state index < -0.39 is 87.6 Å². The zero-order valence-corrected chi connectivity index (χ0v) is 25.2. The van der Waals surface area contributed by atoms with E-state index in [-0.39, 0.29) is 22.5 Å². The van der Waals surface area contributed by atoms with Crippen LogP contribution in [0.15, 0.2) is 103 Å². The van der Waals surface area contributed by atoms with E-state index in [1.54, 1.807) is 0 Å². The van der Waals surface area contributed by atoms with Crippen molar-refractivity contribution in [2.75, 3.05) is 10.9 Å². The number of hydrogen-bond acceptors (Lipinski definition) is 14. The van der Waals surface area contributed by atoms with Crippen molar-refractivity contribution in [3.63, 3.8) is 0 Å². The van der Waals surface area contributed by atoms with E-state index >= 15 is 0 Å². The molecule has 0 saturated carbocycles. The SMILES string of the molecule is O=C1C=C(O)C(=NNc2ccc(C=Cc3ccc(NN=C4C(O)=CC(=O)C=C4C(=O)O)cc3S(=O)(=O)O)c(S(=O)(=O)O)c2)C(C(=O)O)=C1. The Balaban J connectivity index is 1.67. The van der Waals surface area contributed by atoms with Crippen LogP contribution in [-0.2, 0) is 39.4 Å². The number of hydrogen-bond donors (Lipinski definition) is 8. The number of aliphatic hydroxyl groups is 2. The molecule has 2 aliphatic carbocycles. The summed E-state index contributed by atoms with van der Waals surface area (Å²) in [6.45, 7) is 0. The highest BCUT2D eigenvalue weighted by Crippen LogP contribution is 2.27. The number of carboxylic acid groups (broad SMARTS) is 2. The third-order valence-electron chi connectivity index (χ3n) is 6.21.